The van der Waals surface area contributed by atoms with Crippen molar-refractivity contribution in [3.05, 3.63) is 108 Å². The summed E-state index contributed by atoms with van der Waals surface area (Å²) in [6.45, 7) is 13.5. The lowest BCUT2D eigenvalue weighted by molar-refractivity contribution is -0.262. The zero-order valence-electron chi connectivity index (χ0n) is 45.9. The quantitative estimate of drug-likeness (QED) is 0.0570. The van der Waals surface area contributed by atoms with Gasteiger partial charge in [0.05, 0.1) is 51.3 Å². The number of carbonyl (C=O) groups is 1. The highest BCUT2D eigenvalue weighted by Crippen LogP contribution is 2.36. The number of ether oxygens (including phenoxy) is 5. The molecular weight excluding hydrogens is 879 g/mol. The lowest BCUT2D eigenvalue weighted by Gasteiger charge is -2.44. The zero-order chi connectivity index (χ0) is 50.4. The van der Waals surface area contributed by atoms with E-state index in [-0.39, 0.29) is 30.6 Å². The molecule has 3 aromatic carbocycles. The molecule has 400 valence electrons. The van der Waals surface area contributed by atoms with Gasteiger partial charge in [-0.3, -0.25) is 4.79 Å². The van der Waals surface area contributed by atoms with E-state index in [0.29, 0.717) is 44.7 Å². The summed E-state index contributed by atoms with van der Waals surface area (Å²) in [7, 11) is 0. The van der Waals surface area contributed by atoms with Crippen LogP contribution >= 0.6 is 0 Å². The van der Waals surface area contributed by atoms with Gasteiger partial charge in [-0.1, -0.05) is 280 Å². The van der Waals surface area contributed by atoms with Crippen molar-refractivity contribution in [2.24, 2.45) is 17.8 Å². The van der Waals surface area contributed by atoms with Crippen molar-refractivity contribution < 1.29 is 28.5 Å². The molecule has 1 N–H and O–H groups in total. The first-order chi connectivity index (χ1) is 34.9. The van der Waals surface area contributed by atoms with Crippen LogP contribution in [-0.4, -0.2) is 49.8 Å². The van der Waals surface area contributed by atoms with Crippen molar-refractivity contribution in [1.82, 2.24) is 5.32 Å². The molecule has 3 aromatic rings. The van der Waals surface area contributed by atoms with Crippen LogP contribution in [0.4, 0.5) is 0 Å². The fourth-order valence-corrected chi connectivity index (χ4v) is 10.3. The maximum atomic E-state index is 14.2. The van der Waals surface area contributed by atoms with E-state index in [1.807, 2.05) is 24.3 Å². The number of hydrogen-bond donors (Lipinski definition) is 1. The molecule has 1 fully saturated rings. The lowest BCUT2D eigenvalue weighted by Crippen LogP contribution is -2.54. The van der Waals surface area contributed by atoms with Crippen LogP contribution in [-0.2, 0) is 48.3 Å². The Labute approximate surface area is 435 Å². The summed E-state index contributed by atoms with van der Waals surface area (Å²) in [6, 6.07) is 30.7. The van der Waals surface area contributed by atoms with Gasteiger partial charge in [0.15, 0.2) is 6.29 Å². The van der Waals surface area contributed by atoms with Gasteiger partial charge in [-0.05, 0) is 41.4 Å². The third-order valence-corrected chi connectivity index (χ3v) is 15.4. The summed E-state index contributed by atoms with van der Waals surface area (Å²) in [5, 5.41) is 3.51. The number of hydrogen-bond acceptors (Lipinski definition) is 6. The molecule has 0 spiro atoms. The Morgan fingerprint density at radius 3 is 1.41 bits per heavy atom. The van der Waals surface area contributed by atoms with Crippen LogP contribution < -0.4 is 5.32 Å². The van der Waals surface area contributed by atoms with E-state index in [0.717, 1.165) is 48.8 Å². The van der Waals surface area contributed by atoms with Gasteiger partial charge in [0, 0.05) is 12.3 Å². The maximum absolute atomic E-state index is 14.2. The minimum atomic E-state index is -0.457. The van der Waals surface area contributed by atoms with Gasteiger partial charge in [0.1, 0.15) is 6.10 Å². The Hall–Kier alpha value is -3.07. The lowest BCUT2D eigenvalue weighted by atomic mass is 9.79. The molecule has 0 aliphatic carbocycles. The van der Waals surface area contributed by atoms with Gasteiger partial charge in [0.2, 0.25) is 5.91 Å². The van der Waals surface area contributed by atoms with Crippen LogP contribution in [0.15, 0.2) is 91.0 Å². The number of rotatable bonds is 43. The minimum Gasteiger partial charge on any atom is -0.374 e. The van der Waals surface area contributed by atoms with Gasteiger partial charge in [-0.25, -0.2) is 0 Å². The summed E-state index contributed by atoms with van der Waals surface area (Å²) >= 11 is 0. The van der Waals surface area contributed by atoms with Gasteiger partial charge >= 0.3 is 0 Å². The highest BCUT2D eigenvalue weighted by Gasteiger charge is 2.41. The number of carbonyl (C=O) groups excluding carboxylic acids is 1. The van der Waals surface area contributed by atoms with E-state index in [4.69, 9.17) is 23.7 Å². The zero-order valence-corrected chi connectivity index (χ0v) is 45.9. The Morgan fingerprint density at radius 1 is 0.507 bits per heavy atom. The van der Waals surface area contributed by atoms with Crippen LogP contribution in [0, 0.1) is 17.8 Å². The average Bonchev–Trinajstić information content (AvgIpc) is 3.39. The molecule has 1 heterocycles. The molecule has 0 radical (unpaired) electrons. The maximum Gasteiger partial charge on any atom is 0.220 e. The summed E-state index contributed by atoms with van der Waals surface area (Å²) < 4.78 is 34.1. The van der Waals surface area contributed by atoms with E-state index in [1.165, 1.54) is 135 Å². The van der Waals surface area contributed by atoms with Gasteiger partial charge in [-0.15, -0.1) is 0 Å². The van der Waals surface area contributed by atoms with Crippen molar-refractivity contribution in [3.63, 3.8) is 0 Å². The first-order valence-corrected chi connectivity index (χ1v) is 29.4. The second-order valence-electron chi connectivity index (χ2n) is 21.4. The molecule has 4 rings (SSSR count). The molecule has 7 nitrogen and oxygen atoms in total. The summed E-state index contributed by atoms with van der Waals surface area (Å²) in [5.74, 6) is 0.839. The first kappa shape index (κ1) is 60.5. The number of nitrogens with one attached hydrogen (secondary N) is 1. The van der Waals surface area contributed by atoms with E-state index >= 15 is 0 Å². The fourth-order valence-electron chi connectivity index (χ4n) is 10.3. The van der Waals surface area contributed by atoms with Crippen molar-refractivity contribution >= 4 is 5.91 Å². The fraction of sp³-hybridized carbons (Fsp3) is 0.703. The third kappa shape index (κ3) is 26.6. The van der Waals surface area contributed by atoms with Crippen molar-refractivity contribution in [2.45, 2.75) is 258 Å². The number of unbranched alkanes of at least 4 members (excludes halogenated alkanes) is 23. The van der Waals surface area contributed by atoms with E-state index in [9.17, 15) is 4.79 Å². The summed E-state index contributed by atoms with van der Waals surface area (Å²) in [4.78, 5) is 14.2. The van der Waals surface area contributed by atoms with Crippen LogP contribution in [0.2, 0.25) is 0 Å². The van der Waals surface area contributed by atoms with Crippen LogP contribution in [0.3, 0.4) is 0 Å². The Bertz CT molecular complexity index is 1680. The van der Waals surface area contributed by atoms with Crippen LogP contribution in [0.25, 0.3) is 0 Å². The first-order valence-electron chi connectivity index (χ1n) is 29.4. The second-order valence-corrected chi connectivity index (χ2v) is 21.4. The summed E-state index contributed by atoms with van der Waals surface area (Å²) in [5.41, 5.74) is 3.37. The standard InChI is InChI=1S/C64H103NO6/c1-6-8-10-12-14-16-18-20-22-24-26-28-39-47-62(66)65-59(51-70-64-55(5)53(3)54(4)61(71-64)52-67-48-56-40-32-29-33-41-56)63(69-50-58-44-36-31-37-45-58)60(68-49-57-42-34-30-35-43-57)46-38-27-25-23-21-19-17-15-13-11-9-7-2/h29-37,40-45,53-55,59-61,63-64H,6-28,38-39,46-52H2,1-5H3,(H,65,66)/t53-,54+,55?,59-,60+,61?,63-,64-/m0/s1. The summed E-state index contributed by atoms with van der Waals surface area (Å²) in [6.07, 6.45) is 32.1. The Balaban J connectivity index is 1.46. The molecule has 7 heteroatoms. The number of amides is 1. The molecular formula is C64H103NO6. The smallest absolute Gasteiger partial charge is 0.220 e. The normalized spacial score (nSPS) is 19.4. The molecule has 1 saturated heterocycles. The van der Waals surface area contributed by atoms with Crippen molar-refractivity contribution in [1.29, 1.82) is 0 Å². The second kappa shape index (κ2) is 39.4. The van der Waals surface area contributed by atoms with Gasteiger partial charge in [-0.2, -0.15) is 0 Å². The van der Waals surface area contributed by atoms with Crippen LogP contribution in [0.1, 0.15) is 225 Å². The highest BCUT2D eigenvalue weighted by atomic mass is 16.7. The largest absolute Gasteiger partial charge is 0.374 e. The molecule has 1 aliphatic rings. The molecule has 0 aromatic heterocycles. The molecule has 0 bridgehead atoms. The molecule has 2 unspecified atom stereocenters. The minimum absolute atomic E-state index is 0.0500. The van der Waals surface area contributed by atoms with Gasteiger partial charge in [0.25, 0.3) is 0 Å². The molecule has 71 heavy (non-hydrogen) atoms. The Kier molecular flexibility index (Phi) is 33.6. The van der Waals surface area contributed by atoms with Gasteiger partial charge < -0.3 is 29.0 Å². The van der Waals surface area contributed by atoms with Crippen molar-refractivity contribution in [2.75, 3.05) is 13.2 Å². The third-order valence-electron chi connectivity index (χ3n) is 15.4. The molecule has 1 amide bonds. The van der Waals surface area contributed by atoms with Crippen LogP contribution in [0.5, 0.6) is 0 Å². The number of benzene rings is 3. The monoisotopic (exact) mass is 982 g/mol. The average molecular weight is 983 g/mol. The van der Waals surface area contributed by atoms with E-state index in [2.05, 4.69) is 107 Å². The molecule has 8 atom stereocenters. The van der Waals surface area contributed by atoms with Crippen molar-refractivity contribution in [3.8, 4) is 0 Å². The van der Waals surface area contributed by atoms with E-state index < -0.39 is 18.4 Å². The predicted molar refractivity (Wildman–Crippen MR) is 296 cm³/mol. The SMILES string of the molecule is CCCCCCCCCCCCCCCC(=O)N[C@@H](CO[C@H]1OC(COCc2ccccc2)[C@H](C)[C@H](C)C1C)[C@H](OCc1ccccc1)[C@@H](CCCCCCCCCCCCCC)OCc1ccccc1. The Morgan fingerprint density at radius 2 is 0.930 bits per heavy atom. The molecule has 0 saturated carbocycles. The highest BCUT2D eigenvalue weighted by molar-refractivity contribution is 5.76. The topological polar surface area (TPSA) is 75.3 Å². The van der Waals surface area contributed by atoms with E-state index in [1.54, 1.807) is 0 Å². The predicted octanol–water partition coefficient (Wildman–Crippen LogP) is 17.1. The molecule has 1 aliphatic heterocycles.